The Labute approximate surface area is 196 Å². The van der Waals surface area contributed by atoms with Crippen LogP contribution in [0, 0.1) is 0 Å². The van der Waals surface area contributed by atoms with Gasteiger partial charge in [-0.3, -0.25) is 4.79 Å². The van der Waals surface area contributed by atoms with Gasteiger partial charge in [-0.2, -0.15) is 0 Å². The number of likely N-dealkylation sites (tertiary alicyclic amines) is 1. The number of esters is 1. The zero-order valence-electron chi connectivity index (χ0n) is 20.7. The van der Waals surface area contributed by atoms with Gasteiger partial charge in [-0.25, -0.2) is 14.4 Å². The third-order valence-corrected chi connectivity index (χ3v) is 4.58. The molecular weight excluding hydrogens is 430 g/mol. The maximum Gasteiger partial charge on any atom is 0.408 e. The lowest BCUT2D eigenvalue weighted by Gasteiger charge is -2.29. The number of nitrogens with zero attached hydrogens (tertiary/aromatic N) is 1. The van der Waals surface area contributed by atoms with Crippen LogP contribution in [-0.4, -0.2) is 65.3 Å². The van der Waals surface area contributed by atoms with Crippen molar-refractivity contribution in [2.75, 3.05) is 13.1 Å². The van der Waals surface area contributed by atoms with Crippen molar-refractivity contribution in [2.24, 2.45) is 0 Å². The molecule has 0 unspecified atom stereocenters. The summed E-state index contributed by atoms with van der Waals surface area (Å²) in [5, 5.41) is 5.30. The standard InChI is InChI=1S/C23H39N3O7/c1-8-31-19(28)17-13-11-15-26(17)18(27)16(25-21(30)33-23(5,6)7)12-9-10-14-24-20(29)32-22(2,3)4/h8,16-17H,1,9-15H2,2-7H3,(H,24,29)(H,25,30)/t16-,17-/m0/s1. The molecule has 0 aliphatic carbocycles. The van der Waals surface area contributed by atoms with E-state index < -0.39 is 41.4 Å². The maximum absolute atomic E-state index is 13.2. The molecule has 0 aromatic heterocycles. The molecule has 2 N–H and O–H groups in total. The fourth-order valence-electron chi connectivity index (χ4n) is 3.32. The number of amides is 3. The summed E-state index contributed by atoms with van der Waals surface area (Å²) in [6, 6.07) is -1.59. The summed E-state index contributed by atoms with van der Waals surface area (Å²) in [5.74, 6) is -0.919. The molecule has 0 bridgehead atoms. The zero-order chi connectivity index (χ0) is 25.2. The Kier molecular flexibility index (Phi) is 10.7. The molecule has 10 heteroatoms. The summed E-state index contributed by atoms with van der Waals surface area (Å²) in [4.78, 5) is 51.0. The maximum atomic E-state index is 13.2. The first-order valence-corrected chi connectivity index (χ1v) is 11.3. The number of carbonyl (C=O) groups is 4. The molecule has 3 amide bonds. The summed E-state index contributed by atoms with van der Waals surface area (Å²) in [6.07, 6.45) is 2.38. The van der Waals surface area contributed by atoms with Crippen LogP contribution in [0.2, 0.25) is 0 Å². The topological polar surface area (TPSA) is 123 Å². The molecule has 10 nitrogen and oxygen atoms in total. The molecule has 0 saturated carbocycles. The van der Waals surface area contributed by atoms with Gasteiger partial charge >= 0.3 is 18.2 Å². The number of unbranched alkanes of at least 4 members (excludes halogenated alkanes) is 1. The smallest absolute Gasteiger partial charge is 0.408 e. The van der Waals surface area contributed by atoms with E-state index in [1.807, 2.05) is 0 Å². The Bertz CT molecular complexity index is 710. The van der Waals surface area contributed by atoms with Crippen molar-refractivity contribution < 1.29 is 33.4 Å². The van der Waals surface area contributed by atoms with Gasteiger partial charge in [-0.05, 0) is 73.6 Å². The fourth-order valence-corrected chi connectivity index (χ4v) is 3.32. The van der Waals surface area contributed by atoms with Crippen molar-refractivity contribution in [2.45, 2.75) is 96.9 Å². The summed E-state index contributed by atoms with van der Waals surface area (Å²) < 4.78 is 15.4. The Balaban J connectivity index is 2.74. The van der Waals surface area contributed by atoms with Crippen LogP contribution in [0.4, 0.5) is 9.59 Å². The minimum absolute atomic E-state index is 0.313. The first kappa shape index (κ1) is 28.3. The first-order chi connectivity index (χ1) is 15.2. The van der Waals surface area contributed by atoms with Crippen LogP contribution in [0.5, 0.6) is 0 Å². The van der Waals surface area contributed by atoms with E-state index >= 15 is 0 Å². The lowest BCUT2D eigenvalue weighted by Crippen LogP contribution is -2.52. The SMILES string of the molecule is C=COC(=O)[C@@H]1CCCN1C(=O)[C@H](CCCCNC(=O)OC(C)(C)C)NC(=O)OC(C)(C)C. The largest absolute Gasteiger partial charge is 0.444 e. The van der Waals surface area contributed by atoms with E-state index in [1.165, 1.54) is 4.90 Å². The molecule has 0 radical (unpaired) electrons. The third kappa shape index (κ3) is 11.1. The number of nitrogens with one attached hydrogen (secondary N) is 2. The fraction of sp³-hybridized carbons (Fsp3) is 0.739. The zero-order valence-corrected chi connectivity index (χ0v) is 20.7. The van der Waals surface area contributed by atoms with Crippen molar-refractivity contribution in [1.82, 2.24) is 15.5 Å². The van der Waals surface area contributed by atoms with Crippen LogP contribution in [0.3, 0.4) is 0 Å². The molecule has 2 atom stereocenters. The second-order valence-corrected chi connectivity index (χ2v) is 9.92. The number of carbonyl (C=O) groups excluding carboxylic acids is 4. The van der Waals surface area contributed by atoms with Gasteiger partial charge in [-0.1, -0.05) is 6.58 Å². The summed E-state index contributed by atoms with van der Waals surface area (Å²) >= 11 is 0. The number of alkyl carbamates (subject to hydrolysis) is 2. The van der Waals surface area contributed by atoms with E-state index in [9.17, 15) is 19.2 Å². The predicted molar refractivity (Wildman–Crippen MR) is 122 cm³/mol. The second kappa shape index (κ2) is 12.5. The van der Waals surface area contributed by atoms with Gasteiger partial charge in [0.05, 0.1) is 6.26 Å². The summed E-state index contributed by atoms with van der Waals surface area (Å²) in [7, 11) is 0. The lowest BCUT2D eigenvalue weighted by molar-refractivity contribution is -0.149. The van der Waals surface area contributed by atoms with E-state index in [4.69, 9.17) is 14.2 Å². The molecule has 33 heavy (non-hydrogen) atoms. The third-order valence-electron chi connectivity index (χ3n) is 4.58. The first-order valence-electron chi connectivity index (χ1n) is 11.3. The molecule has 0 aromatic rings. The number of hydrogen-bond acceptors (Lipinski definition) is 7. The van der Waals surface area contributed by atoms with Crippen molar-refractivity contribution in [3.8, 4) is 0 Å². The minimum Gasteiger partial charge on any atom is -0.444 e. The van der Waals surface area contributed by atoms with E-state index in [0.717, 1.165) is 6.26 Å². The molecule has 0 aromatic carbocycles. The van der Waals surface area contributed by atoms with Crippen molar-refractivity contribution in [3.63, 3.8) is 0 Å². The van der Waals surface area contributed by atoms with Gasteiger partial charge in [0.2, 0.25) is 5.91 Å². The average molecular weight is 470 g/mol. The van der Waals surface area contributed by atoms with Crippen LogP contribution >= 0.6 is 0 Å². The van der Waals surface area contributed by atoms with Crippen LogP contribution in [0.1, 0.15) is 73.6 Å². The molecule has 188 valence electrons. The van der Waals surface area contributed by atoms with Gasteiger partial charge in [0.15, 0.2) is 0 Å². The highest BCUT2D eigenvalue weighted by atomic mass is 16.6. The number of hydrogen-bond donors (Lipinski definition) is 2. The van der Waals surface area contributed by atoms with Gasteiger partial charge in [0.25, 0.3) is 0 Å². The van der Waals surface area contributed by atoms with E-state index in [1.54, 1.807) is 41.5 Å². The molecule has 1 aliphatic rings. The monoisotopic (exact) mass is 469 g/mol. The van der Waals surface area contributed by atoms with Crippen LogP contribution in [0.25, 0.3) is 0 Å². The summed E-state index contributed by atoms with van der Waals surface area (Å²) in [6.45, 7) is 14.7. The van der Waals surface area contributed by atoms with Crippen molar-refractivity contribution >= 4 is 24.1 Å². The highest BCUT2D eigenvalue weighted by Gasteiger charge is 2.38. The Morgan fingerprint density at radius 3 is 2.21 bits per heavy atom. The highest BCUT2D eigenvalue weighted by molar-refractivity contribution is 5.90. The number of ether oxygens (including phenoxy) is 3. The van der Waals surface area contributed by atoms with Gasteiger partial charge < -0.3 is 29.7 Å². The van der Waals surface area contributed by atoms with Gasteiger partial charge in [0, 0.05) is 13.1 Å². The predicted octanol–water partition coefficient (Wildman–Crippen LogP) is 3.25. The molecule has 0 spiro atoms. The normalized spacial score (nSPS) is 17.0. The molecular formula is C23H39N3O7. The summed E-state index contributed by atoms with van der Waals surface area (Å²) in [5.41, 5.74) is -1.31. The van der Waals surface area contributed by atoms with Crippen LogP contribution < -0.4 is 10.6 Å². The number of rotatable bonds is 9. The molecule has 1 rings (SSSR count). The van der Waals surface area contributed by atoms with E-state index in [0.29, 0.717) is 45.2 Å². The van der Waals surface area contributed by atoms with Crippen LogP contribution in [-0.2, 0) is 23.8 Å². The van der Waals surface area contributed by atoms with Crippen LogP contribution in [0.15, 0.2) is 12.8 Å². The molecule has 1 heterocycles. The minimum atomic E-state index is -0.876. The average Bonchev–Trinajstić information content (AvgIpc) is 3.13. The van der Waals surface area contributed by atoms with Crippen molar-refractivity contribution in [1.29, 1.82) is 0 Å². The van der Waals surface area contributed by atoms with Gasteiger partial charge in [-0.15, -0.1) is 0 Å². The van der Waals surface area contributed by atoms with Gasteiger partial charge in [0.1, 0.15) is 23.3 Å². The van der Waals surface area contributed by atoms with Crippen molar-refractivity contribution in [3.05, 3.63) is 12.8 Å². The van der Waals surface area contributed by atoms with E-state index in [-0.39, 0.29) is 5.91 Å². The lowest BCUT2D eigenvalue weighted by atomic mass is 10.1. The molecule has 1 saturated heterocycles. The Morgan fingerprint density at radius 2 is 1.64 bits per heavy atom. The quantitative estimate of drug-likeness (QED) is 0.230. The van der Waals surface area contributed by atoms with E-state index in [2.05, 4.69) is 17.2 Å². The molecule has 1 fully saturated rings. The Hall–Kier alpha value is -2.78. The second-order valence-electron chi connectivity index (χ2n) is 9.92. The highest BCUT2D eigenvalue weighted by Crippen LogP contribution is 2.21. The Morgan fingerprint density at radius 1 is 1.03 bits per heavy atom. The molecule has 1 aliphatic heterocycles.